The number of carbonyl (C=O) groups is 2. The summed E-state index contributed by atoms with van der Waals surface area (Å²) in [6.45, 7) is 11.9. The lowest BCUT2D eigenvalue weighted by Gasteiger charge is -2.13. The molecule has 1 aliphatic rings. The molecule has 1 heterocycles. The lowest BCUT2D eigenvalue weighted by Crippen LogP contribution is -2.33. The zero-order valence-corrected chi connectivity index (χ0v) is 31.0. The van der Waals surface area contributed by atoms with E-state index in [1.807, 2.05) is 12.1 Å². The smallest absolute Gasteiger partial charge is 0.253 e. The molecule has 2 N–H and O–H groups in total. The Morgan fingerprint density at radius 2 is 0.604 bits per heavy atom. The van der Waals surface area contributed by atoms with Crippen molar-refractivity contribution >= 4 is 17.5 Å². The van der Waals surface area contributed by atoms with Crippen molar-refractivity contribution in [1.29, 1.82) is 0 Å². The minimum atomic E-state index is -0.309. The highest BCUT2D eigenvalue weighted by molar-refractivity contribution is 6.12. The molecule has 2 amide bonds. The molecule has 0 aromatic heterocycles. The van der Waals surface area contributed by atoms with Gasteiger partial charge in [-0.25, -0.2) is 0 Å². The summed E-state index contributed by atoms with van der Waals surface area (Å²) < 4.78 is 71.1. The van der Waals surface area contributed by atoms with Crippen LogP contribution in [0.25, 0.3) is 0 Å². The highest BCUT2D eigenvalue weighted by atomic mass is 16.6. The molecule has 1 aromatic rings. The third-order valence-electron chi connectivity index (χ3n) is 6.83. The number of anilines is 1. The van der Waals surface area contributed by atoms with Crippen molar-refractivity contribution in [2.24, 2.45) is 0 Å². The Balaban J connectivity index is 1.13. The minimum Gasteiger partial charge on any atom is -0.491 e. The maximum Gasteiger partial charge on any atom is 0.253 e. The van der Waals surface area contributed by atoms with Crippen molar-refractivity contribution in [3.8, 4) is 5.75 Å². The molecule has 304 valence electrons. The first-order valence-electron chi connectivity index (χ1n) is 18.1. The van der Waals surface area contributed by atoms with Crippen LogP contribution >= 0.6 is 0 Å². The molecule has 0 bridgehead atoms. The van der Waals surface area contributed by atoms with Gasteiger partial charge < -0.3 is 67.3 Å². The van der Waals surface area contributed by atoms with Gasteiger partial charge in [0.05, 0.1) is 165 Å². The van der Waals surface area contributed by atoms with Crippen LogP contribution in [-0.2, 0) is 66.4 Å². The minimum absolute atomic E-state index is 0.236. The van der Waals surface area contributed by atoms with E-state index in [0.717, 1.165) is 10.6 Å². The molecule has 0 saturated heterocycles. The van der Waals surface area contributed by atoms with Crippen LogP contribution in [0.3, 0.4) is 0 Å². The van der Waals surface area contributed by atoms with Gasteiger partial charge in [-0.05, 0) is 24.3 Å². The van der Waals surface area contributed by atoms with Crippen LogP contribution < -0.4 is 10.5 Å². The predicted octanol–water partition coefficient (Wildman–Crippen LogP) is 0.772. The quantitative estimate of drug-likeness (QED) is 0.0562. The highest BCUT2D eigenvalue weighted by Crippen LogP contribution is 2.12. The maximum absolute atomic E-state index is 11.4. The molecular weight excluding hydrogens is 700 g/mol. The van der Waals surface area contributed by atoms with E-state index in [2.05, 4.69) is 0 Å². The fraction of sp³-hybridized carbons (Fsp3) is 0.722. The van der Waals surface area contributed by atoms with Gasteiger partial charge in [0.1, 0.15) is 12.4 Å². The second-order valence-electron chi connectivity index (χ2n) is 10.9. The molecule has 17 nitrogen and oxygen atoms in total. The fourth-order valence-corrected chi connectivity index (χ4v) is 4.11. The van der Waals surface area contributed by atoms with E-state index >= 15 is 0 Å². The van der Waals surface area contributed by atoms with Gasteiger partial charge in [-0.15, -0.1) is 0 Å². The maximum atomic E-state index is 11.4. The second kappa shape index (κ2) is 35.0. The lowest BCUT2D eigenvalue weighted by atomic mass is 10.3. The van der Waals surface area contributed by atoms with Gasteiger partial charge in [-0.2, -0.15) is 0 Å². The summed E-state index contributed by atoms with van der Waals surface area (Å²) in [7, 11) is 0. The number of hydrogen-bond donors (Lipinski definition) is 1. The number of rotatable bonds is 40. The van der Waals surface area contributed by atoms with Crippen molar-refractivity contribution in [2.75, 3.05) is 177 Å². The summed E-state index contributed by atoms with van der Waals surface area (Å²) in [6, 6.07) is 7.25. The summed E-state index contributed by atoms with van der Waals surface area (Å²) >= 11 is 0. The summed E-state index contributed by atoms with van der Waals surface area (Å²) in [6.07, 6.45) is 2.51. The third kappa shape index (κ3) is 28.3. The zero-order chi connectivity index (χ0) is 37.7. The number of hydrogen-bond acceptors (Lipinski definition) is 16. The summed E-state index contributed by atoms with van der Waals surface area (Å²) in [5.41, 5.74) is 6.35. The molecule has 0 unspecified atom stereocenters. The van der Waals surface area contributed by atoms with Gasteiger partial charge in [0.2, 0.25) is 0 Å². The Kier molecular flexibility index (Phi) is 30.6. The Labute approximate surface area is 313 Å². The number of carbonyl (C=O) groups excluding carboxylic acids is 2. The fourth-order valence-electron chi connectivity index (χ4n) is 4.11. The van der Waals surface area contributed by atoms with Crippen LogP contribution in [0.4, 0.5) is 5.69 Å². The number of ether oxygens (including phenoxy) is 13. The largest absolute Gasteiger partial charge is 0.491 e. The van der Waals surface area contributed by atoms with Crippen molar-refractivity contribution in [1.82, 2.24) is 4.90 Å². The lowest BCUT2D eigenvalue weighted by molar-refractivity contribution is -0.137. The molecule has 0 aliphatic carbocycles. The Morgan fingerprint density at radius 3 is 0.887 bits per heavy atom. The van der Waals surface area contributed by atoms with E-state index in [-0.39, 0.29) is 25.0 Å². The van der Waals surface area contributed by atoms with Gasteiger partial charge in [-0.3, -0.25) is 14.5 Å². The zero-order valence-electron chi connectivity index (χ0n) is 31.0. The number of nitrogens with zero attached hydrogens (tertiary/aromatic N) is 1. The van der Waals surface area contributed by atoms with Crippen LogP contribution in [0.5, 0.6) is 5.75 Å². The molecule has 0 fully saturated rings. The van der Waals surface area contributed by atoms with Gasteiger partial charge in [0.25, 0.3) is 11.8 Å². The average molecular weight is 761 g/mol. The van der Waals surface area contributed by atoms with Crippen LogP contribution in [0.1, 0.15) is 0 Å². The first-order chi connectivity index (χ1) is 26.2. The van der Waals surface area contributed by atoms with E-state index in [1.165, 1.54) is 12.2 Å². The van der Waals surface area contributed by atoms with Gasteiger partial charge in [0, 0.05) is 17.8 Å². The van der Waals surface area contributed by atoms with Crippen molar-refractivity contribution in [3.63, 3.8) is 0 Å². The number of nitrogens with two attached hydrogens (primary N) is 1. The van der Waals surface area contributed by atoms with Gasteiger partial charge in [0.15, 0.2) is 0 Å². The van der Waals surface area contributed by atoms with Crippen molar-refractivity contribution < 1.29 is 71.2 Å². The molecule has 0 radical (unpaired) electrons. The van der Waals surface area contributed by atoms with E-state index in [4.69, 9.17) is 67.3 Å². The van der Waals surface area contributed by atoms with Gasteiger partial charge >= 0.3 is 0 Å². The molecule has 0 saturated carbocycles. The molecular formula is C36H60N2O15. The van der Waals surface area contributed by atoms with Crippen LogP contribution in [0.15, 0.2) is 36.4 Å². The molecule has 1 aliphatic heterocycles. The number of nitrogen functional groups attached to an aromatic ring is 1. The second-order valence-corrected chi connectivity index (χ2v) is 10.9. The molecule has 53 heavy (non-hydrogen) atoms. The van der Waals surface area contributed by atoms with E-state index in [1.54, 1.807) is 12.1 Å². The van der Waals surface area contributed by atoms with Gasteiger partial charge in [-0.1, -0.05) is 0 Å². The SMILES string of the molecule is Nc1ccc(OCCOCCOCCOCCOCCOCCOCCOCCOCCOCCOCCOCCOCCN2C(=O)C=CC2=O)cc1. The van der Waals surface area contributed by atoms with Crippen LogP contribution in [0.2, 0.25) is 0 Å². The Hall–Kier alpha value is -2.78. The predicted molar refractivity (Wildman–Crippen MR) is 192 cm³/mol. The van der Waals surface area contributed by atoms with Crippen molar-refractivity contribution in [2.45, 2.75) is 0 Å². The van der Waals surface area contributed by atoms with Crippen LogP contribution in [0, 0.1) is 0 Å². The first kappa shape index (κ1) is 46.4. The molecule has 17 heteroatoms. The number of imide groups is 1. The normalized spacial score (nSPS) is 12.8. The first-order valence-corrected chi connectivity index (χ1v) is 18.1. The highest BCUT2D eigenvalue weighted by Gasteiger charge is 2.22. The average Bonchev–Trinajstić information content (AvgIpc) is 3.49. The Morgan fingerprint density at radius 1 is 0.358 bits per heavy atom. The van der Waals surface area contributed by atoms with E-state index in [9.17, 15) is 9.59 Å². The number of amides is 2. The monoisotopic (exact) mass is 760 g/mol. The molecule has 0 atom stereocenters. The van der Waals surface area contributed by atoms with E-state index in [0.29, 0.717) is 164 Å². The number of benzene rings is 1. The summed E-state index contributed by atoms with van der Waals surface area (Å²) in [4.78, 5) is 24.0. The molecule has 0 spiro atoms. The molecule has 2 rings (SSSR count). The van der Waals surface area contributed by atoms with E-state index < -0.39 is 0 Å². The summed E-state index contributed by atoms with van der Waals surface area (Å²) in [5.74, 6) is 0.148. The van der Waals surface area contributed by atoms with Crippen molar-refractivity contribution in [3.05, 3.63) is 36.4 Å². The van der Waals surface area contributed by atoms with Crippen LogP contribution in [-0.4, -0.2) is 188 Å². The molecule has 1 aromatic carbocycles. The summed E-state index contributed by atoms with van der Waals surface area (Å²) in [5, 5.41) is 0. The topological polar surface area (TPSA) is 183 Å². The Bertz CT molecular complexity index is 1020. The standard InChI is InChI=1S/C36H60N2O15/c37-33-1-3-34(4-2-33)53-32-31-52-30-29-51-28-27-50-26-25-49-24-23-48-22-21-47-20-19-46-18-17-45-16-15-44-14-13-43-12-11-42-10-9-41-8-7-38-35(39)5-6-36(38)40/h1-6H,7-32,37H2. The third-order valence-corrected chi connectivity index (χ3v) is 6.83.